The van der Waals surface area contributed by atoms with E-state index in [1.54, 1.807) is 36.4 Å². The van der Waals surface area contributed by atoms with Crippen LogP contribution in [0.15, 0.2) is 54.6 Å². The van der Waals surface area contributed by atoms with Crippen molar-refractivity contribution in [1.82, 2.24) is 0 Å². The molecule has 6 heteroatoms. The number of nitrogens with one attached hydrogen (secondary N) is 1. The van der Waals surface area contributed by atoms with Gasteiger partial charge in [0.15, 0.2) is 0 Å². The van der Waals surface area contributed by atoms with E-state index in [-0.39, 0.29) is 12.3 Å². The summed E-state index contributed by atoms with van der Waals surface area (Å²) < 4.78 is -1.31. The van der Waals surface area contributed by atoms with Crippen molar-refractivity contribution in [1.29, 1.82) is 0 Å². The molecule has 0 aliphatic heterocycles. The second-order valence-corrected chi connectivity index (χ2v) is 6.97. The first kappa shape index (κ1) is 15.8. The first-order chi connectivity index (χ1) is 10.9. The average molecular weight is 350 g/mol. The van der Waals surface area contributed by atoms with Crippen LogP contribution in [0.3, 0.4) is 0 Å². The zero-order chi connectivity index (χ0) is 16.7. The van der Waals surface area contributed by atoms with Crippen LogP contribution < -0.4 is 5.32 Å². The third kappa shape index (κ3) is 2.69. The van der Waals surface area contributed by atoms with Gasteiger partial charge in [0, 0.05) is 17.7 Å². The van der Waals surface area contributed by atoms with Gasteiger partial charge in [0.05, 0.1) is 0 Å². The Labute approximate surface area is 143 Å². The maximum atomic E-state index is 12.2. The summed E-state index contributed by atoms with van der Waals surface area (Å²) in [5, 5.41) is 12.2. The van der Waals surface area contributed by atoms with Crippen LogP contribution in [0.1, 0.15) is 22.3 Å². The van der Waals surface area contributed by atoms with E-state index in [0.717, 1.165) is 0 Å². The largest absolute Gasteiger partial charge is 0.480 e. The highest BCUT2D eigenvalue weighted by molar-refractivity contribution is 6.54. The van der Waals surface area contributed by atoms with Gasteiger partial charge in [-0.15, -0.1) is 0 Å². The summed E-state index contributed by atoms with van der Waals surface area (Å²) in [6, 6.07) is 15.4. The summed E-state index contributed by atoms with van der Waals surface area (Å²) in [6.07, 6.45) is 0.147. The smallest absolute Gasteiger partial charge is 0.317 e. The van der Waals surface area contributed by atoms with E-state index >= 15 is 0 Å². The molecule has 4 nitrogen and oxygen atoms in total. The monoisotopic (exact) mass is 349 g/mol. The maximum Gasteiger partial charge on any atom is 0.317 e. The van der Waals surface area contributed by atoms with Gasteiger partial charge in [-0.05, 0) is 29.8 Å². The van der Waals surface area contributed by atoms with Gasteiger partial charge >= 0.3 is 5.97 Å². The predicted molar refractivity (Wildman–Crippen MR) is 89.2 cm³/mol. The molecule has 118 valence electrons. The Morgan fingerprint density at radius 3 is 2.04 bits per heavy atom. The topological polar surface area (TPSA) is 66.4 Å². The molecule has 2 aromatic carbocycles. The third-order valence-corrected chi connectivity index (χ3v) is 4.94. The van der Waals surface area contributed by atoms with Crippen LogP contribution in [0.2, 0.25) is 0 Å². The minimum absolute atomic E-state index is 0.147. The van der Waals surface area contributed by atoms with Crippen molar-refractivity contribution in [3.63, 3.8) is 0 Å². The molecular weight excluding hydrogens is 337 g/mol. The van der Waals surface area contributed by atoms with E-state index in [2.05, 4.69) is 5.32 Å². The van der Waals surface area contributed by atoms with Crippen molar-refractivity contribution in [2.45, 2.75) is 16.2 Å². The lowest BCUT2D eigenvalue weighted by molar-refractivity contribution is -0.140. The summed E-state index contributed by atoms with van der Waals surface area (Å²) in [6.45, 7) is 0. The Hall–Kier alpha value is -2.04. The number of amides is 1. The molecule has 1 atom stereocenters. The summed E-state index contributed by atoms with van der Waals surface area (Å²) >= 11 is 12.0. The first-order valence-corrected chi connectivity index (χ1v) is 7.70. The van der Waals surface area contributed by atoms with E-state index in [4.69, 9.17) is 23.2 Å². The molecule has 0 heterocycles. The van der Waals surface area contributed by atoms with Crippen LogP contribution in [-0.2, 0) is 10.2 Å². The average Bonchev–Trinajstić information content (AvgIpc) is 3.13. The Bertz CT molecular complexity index is 759. The second kappa shape index (κ2) is 5.55. The minimum Gasteiger partial charge on any atom is -0.480 e. The van der Waals surface area contributed by atoms with E-state index in [9.17, 15) is 14.7 Å². The highest BCUT2D eigenvalue weighted by atomic mass is 35.5. The molecule has 1 aliphatic rings. The molecule has 1 fully saturated rings. The molecule has 1 saturated carbocycles. The molecule has 0 bridgehead atoms. The molecule has 1 amide bonds. The zero-order valence-electron chi connectivity index (χ0n) is 11.9. The lowest BCUT2D eigenvalue weighted by atomic mass is 9.95. The Balaban J connectivity index is 1.80. The Morgan fingerprint density at radius 2 is 1.57 bits per heavy atom. The van der Waals surface area contributed by atoms with Crippen molar-refractivity contribution in [3.05, 3.63) is 65.7 Å². The number of alkyl halides is 2. The molecule has 3 rings (SSSR count). The van der Waals surface area contributed by atoms with Crippen molar-refractivity contribution in [2.75, 3.05) is 5.32 Å². The number of carboxylic acids is 1. The Kier molecular flexibility index (Phi) is 3.82. The van der Waals surface area contributed by atoms with Gasteiger partial charge in [0.25, 0.3) is 5.91 Å². The first-order valence-electron chi connectivity index (χ1n) is 6.95. The second-order valence-electron chi connectivity index (χ2n) is 5.49. The highest BCUT2D eigenvalue weighted by Gasteiger charge is 2.72. The number of carboxylic acid groups (broad SMARTS) is 1. The molecule has 2 aromatic rings. The van der Waals surface area contributed by atoms with Gasteiger partial charge in [-0.3, -0.25) is 9.59 Å². The zero-order valence-corrected chi connectivity index (χ0v) is 13.4. The van der Waals surface area contributed by atoms with Crippen molar-refractivity contribution < 1.29 is 14.7 Å². The molecule has 0 aromatic heterocycles. The fourth-order valence-electron chi connectivity index (χ4n) is 2.59. The van der Waals surface area contributed by atoms with Crippen molar-refractivity contribution in [3.8, 4) is 0 Å². The predicted octanol–water partition coefficient (Wildman–Crippen LogP) is 3.84. The van der Waals surface area contributed by atoms with Crippen molar-refractivity contribution >= 4 is 40.8 Å². The van der Waals surface area contributed by atoms with Gasteiger partial charge in [-0.2, -0.15) is 0 Å². The number of rotatable bonds is 4. The number of anilines is 1. The van der Waals surface area contributed by atoms with E-state index in [0.29, 0.717) is 16.8 Å². The number of halogens is 2. The number of carbonyl (C=O) groups is 2. The SMILES string of the molecule is O=C(Nc1ccccc1)c1ccc(C2(C(=O)O)CC2(Cl)Cl)cc1. The number of para-hydroxylation sites is 1. The standard InChI is InChI=1S/C17H13Cl2NO3/c18-17(19)10-16(17,15(22)23)12-8-6-11(7-9-12)14(21)20-13-4-2-1-3-5-13/h1-9H,10H2,(H,20,21)(H,22,23). The van der Waals surface area contributed by atoms with E-state index in [1.807, 2.05) is 18.2 Å². The van der Waals surface area contributed by atoms with Gasteiger partial charge in [-0.25, -0.2) is 0 Å². The fourth-order valence-corrected chi connectivity index (χ4v) is 3.37. The lowest BCUT2D eigenvalue weighted by Gasteiger charge is -2.14. The summed E-state index contributed by atoms with van der Waals surface area (Å²) in [5.74, 6) is -1.34. The Morgan fingerprint density at radius 1 is 1.00 bits per heavy atom. The van der Waals surface area contributed by atoms with Crippen LogP contribution in [0, 0.1) is 0 Å². The van der Waals surface area contributed by atoms with Crippen LogP contribution in [-0.4, -0.2) is 21.3 Å². The molecule has 1 unspecified atom stereocenters. The molecule has 0 saturated heterocycles. The number of hydrogen-bond donors (Lipinski definition) is 2. The molecule has 23 heavy (non-hydrogen) atoms. The van der Waals surface area contributed by atoms with Crippen LogP contribution >= 0.6 is 23.2 Å². The summed E-state index contributed by atoms with van der Waals surface area (Å²) in [5.41, 5.74) is 0.302. The number of aliphatic carboxylic acids is 1. The molecule has 0 spiro atoms. The molecule has 2 N–H and O–H groups in total. The molecule has 1 aliphatic carbocycles. The van der Waals surface area contributed by atoms with E-state index < -0.39 is 15.7 Å². The normalized spacial score (nSPS) is 21.5. The van der Waals surface area contributed by atoms with Crippen molar-refractivity contribution in [2.24, 2.45) is 0 Å². The highest BCUT2D eigenvalue weighted by Crippen LogP contribution is 2.64. The van der Waals surface area contributed by atoms with Gasteiger partial charge in [0.1, 0.15) is 9.75 Å². The fraction of sp³-hybridized carbons (Fsp3) is 0.176. The van der Waals surface area contributed by atoms with Gasteiger partial charge in [0.2, 0.25) is 0 Å². The maximum absolute atomic E-state index is 12.2. The van der Waals surface area contributed by atoms with Crippen LogP contribution in [0.5, 0.6) is 0 Å². The molecule has 0 radical (unpaired) electrons. The number of hydrogen-bond acceptors (Lipinski definition) is 2. The van der Waals surface area contributed by atoms with Crippen LogP contribution in [0.25, 0.3) is 0 Å². The van der Waals surface area contributed by atoms with Gasteiger partial charge < -0.3 is 10.4 Å². The van der Waals surface area contributed by atoms with Gasteiger partial charge in [-0.1, -0.05) is 53.5 Å². The quantitative estimate of drug-likeness (QED) is 0.824. The minimum atomic E-state index is -1.31. The summed E-state index contributed by atoms with van der Waals surface area (Å²) in [4.78, 5) is 23.7. The third-order valence-electron chi connectivity index (χ3n) is 4.02. The number of benzene rings is 2. The molecular formula is C17H13Cl2NO3. The lowest BCUT2D eigenvalue weighted by Crippen LogP contribution is -2.26. The number of carbonyl (C=O) groups excluding carboxylic acids is 1. The summed E-state index contributed by atoms with van der Waals surface area (Å²) in [7, 11) is 0. The van der Waals surface area contributed by atoms with E-state index in [1.165, 1.54) is 0 Å². The van der Waals surface area contributed by atoms with Crippen LogP contribution in [0.4, 0.5) is 5.69 Å².